The first-order chi connectivity index (χ1) is 15.1. The third-order valence-corrected chi connectivity index (χ3v) is 5.45. The smallest absolute Gasteiger partial charge is 0.254 e. The van der Waals surface area contributed by atoms with Gasteiger partial charge in [-0.3, -0.25) is 9.59 Å². The van der Waals surface area contributed by atoms with Gasteiger partial charge in [0.25, 0.3) is 5.91 Å². The van der Waals surface area contributed by atoms with Crippen LogP contribution < -0.4 is 5.32 Å². The van der Waals surface area contributed by atoms with Crippen LogP contribution in [0.15, 0.2) is 54.6 Å². The number of hydrogen-bond donors (Lipinski definition) is 1. The third-order valence-electron chi connectivity index (χ3n) is 5.20. The van der Waals surface area contributed by atoms with Crippen molar-refractivity contribution in [2.24, 2.45) is 0 Å². The quantitative estimate of drug-likeness (QED) is 0.556. The van der Waals surface area contributed by atoms with Crippen molar-refractivity contribution in [2.75, 3.05) is 18.4 Å². The lowest BCUT2D eigenvalue weighted by atomic mass is 9.92. The van der Waals surface area contributed by atoms with Crippen LogP contribution in [0.5, 0.6) is 0 Å². The minimum absolute atomic E-state index is 0.0552. The van der Waals surface area contributed by atoms with E-state index in [1.54, 1.807) is 22.9 Å². The average molecular weight is 453 g/mol. The van der Waals surface area contributed by atoms with Crippen molar-refractivity contribution in [3.8, 4) is 5.69 Å². The van der Waals surface area contributed by atoms with E-state index in [2.05, 4.69) is 26.1 Å². The van der Waals surface area contributed by atoms with Gasteiger partial charge in [-0.1, -0.05) is 50.6 Å². The van der Waals surface area contributed by atoms with Crippen LogP contribution in [0.2, 0.25) is 5.02 Å². The summed E-state index contributed by atoms with van der Waals surface area (Å²) >= 11 is 6.03. The van der Waals surface area contributed by atoms with E-state index in [9.17, 15) is 9.59 Å². The van der Waals surface area contributed by atoms with Gasteiger partial charge in [-0.2, -0.15) is 5.10 Å². The second kappa shape index (κ2) is 9.57. The number of nitrogens with one attached hydrogen (secondary N) is 1. The Bertz CT molecular complexity index is 1110. The van der Waals surface area contributed by atoms with Crippen molar-refractivity contribution in [1.29, 1.82) is 0 Å². The Morgan fingerprint density at radius 2 is 1.75 bits per heavy atom. The zero-order valence-corrected chi connectivity index (χ0v) is 19.9. The Labute approximate surface area is 194 Å². The number of nitrogens with zero attached hydrogens (tertiary/aromatic N) is 3. The minimum Gasteiger partial charge on any atom is -0.330 e. The number of halogens is 1. The SMILES string of the molecule is CCN(CC(=O)Nc1cc(C(C)(C)C)nn1-c1ccc(Cl)cc1)C(=O)c1ccccc1C. The molecule has 0 saturated heterocycles. The Balaban J connectivity index is 1.84. The summed E-state index contributed by atoms with van der Waals surface area (Å²) in [6, 6.07) is 16.5. The van der Waals surface area contributed by atoms with Crippen molar-refractivity contribution in [2.45, 2.75) is 40.0 Å². The number of amides is 2. The number of aryl methyl sites for hydroxylation is 1. The fourth-order valence-electron chi connectivity index (χ4n) is 3.28. The fraction of sp³-hybridized carbons (Fsp3) is 0.320. The highest BCUT2D eigenvalue weighted by Gasteiger charge is 2.23. The monoisotopic (exact) mass is 452 g/mol. The lowest BCUT2D eigenvalue weighted by Gasteiger charge is -2.21. The second-order valence-corrected chi connectivity index (χ2v) is 9.17. The lowest BCUT2D eigenvalue weighted by Crippen LogP contribution is -2.38. The van der Waals surface area contributed by atoms with Crippen LogP contribution in [0.4, 0.5) is 5.82 Å². The van der Waals surface area contributed by atoms with Crippen molar-refractivity contribution in [1.82, 2.24) is 14.7 Å². The van der Waals surface area contributed by atoms with Crippen LogP contribution in [0.3, 0.4) is 0 Å². The lowest BCUT2D eigenvalue weighted by molar-refractivity contribution is -0.116. The highest BCUT2D eigenvalue weighted by atomic mass is 35.5. The Hall–Kier alpha value is -3.12. The number of anilines is 1. The molecule has 0 saturated carbocycles. The van der Waals surface area contributed by atoms with Crippen LogP contribution >= 0.6 is 11.6 Å². The van der Waals surface area contributed by atoms with E-state index >= 15 is 0 Å². The zero-order valence-electron chi connectivity index (χ0n) is 19.1. The maximum Gasteiger partial charge on any atom is 0.254 e. The van der Waals surface area contributed by atoms with Gasteiger partial charge in [-0.05, 0) is 49.7 Å². The standard InChI is InChI=1S/C25H29ClN4O2/c1-6-29(24(32)20-10-8-7-9-17(20)2)16-23(31)27-22-15-21(25(3,4)5)28-30(22)19-13-11-18(26)12-14-19/h7-15H,6,16H2,1-5H3,(H,27,31). The van der Waals surface area contributed by atoms with E-state index in [1.165, 1.54) is 4.90 Å². The zero-order chi connectivity index (χ0) is 23.5. The molecule has 2 aromatic carbocycles. The van der Waals surface area contributed by atoms with Crippen molar-refractivity contribution >= 4 is 29.2 Å². The summed E-state index contributed by atoms with van der Waals surface area (Å²) in [4.78, 5) is 27.4. The van der Waals surface area contributed by atoms with Crippen LogP contribution in [-0.2, 0) is 10.2 Å². The average Bonchev–Trinajstić information content (AvgIpc) is 3.16. The van der Waals surface area contributed by atoms with Crippen LogP contribution in [-0.4, -0.2) is 39.6 Å². The van der Waals surface area contributed by atoms with E-state index in [0.29, 0.717) is 22.9 Å². The Morgan fingerprint density at radius 3 is 2.34 bits per heavy atom. The number of hydrogen-bond acceptors (Lipinski definition) is 3. The van der Waals surface area contributed by atoms with Gasteiger partial charge in [0.2, 0.25) is 5.91 Å². The molecular formula is C25H29ClN4O2. The van der Waals surface area contributed by atoms with E-state index < -0.39 is 0 Å². The topological polar surface area (TPSA) is 67.2 Å². The molecule has 1 heterocycles. The van der Waals surface area contributed by atoms with Crippen molar-refractivity contribution < 1.29 is 9.59 Å². The highest BCUT2D eigenvalue weighted by molar-refractivity contribution is 6.30. The van der Waals surface area contributed by atoms with Gasteiger partial charge < -0.3 is 10.2 Å². The maximum absolute atomic E-state index is 13.0. The molecule has 3 aromatic rings. The first-order valence-electron chi connectivity index (χ1n) is 10.6. The Kier molecular flexibility index (Phi) is 7.04. The van der Waals surface area contributed by atoms with Gasteiger partial charge in [0.05, 0.1) is 11.4 Å². The normalized spacial score (nSPS) is 11.3. The molecule has 168 valence electrons. The molecule has 0 bridgehead atoms. The van der Waals surface area contributed by atoms with E-state index in [4.69, 9.17) is 16.7 Å². The molecule has 32 heavy (non-hydrogen) atoms. The summed E-state index contributed by atoms with van der Waals surface area (Å²) in [7, 11) is 0. The molecule has 0 fully saturated rings. The molecule has 0 spiro atoms. The van der Waals surface area contributed by atoms with Gasteiger partial charge in [0, 0.05) is 28.6 Å². The summed E-state index contributed by atoms with van der Waals surface area (Å²) in [5.41, 5.74) is 2.90. The van der Waals surface area contributed by atoms with Crippen molar-refractivity contribution in [3.63, 3.8) is 0 Å². The van der Waals surface area contributed by atoms with Crippen LogP contribution in [0, 0.1) is 6.92 Å². The van der Waals surface area contributed by atoms with E-state index in [0.717, 1.165) is 16.9 Å². The molecule has 0 aliphatic carbocycles. The summed E-state index contributed by atoms with van der Waals surface area (Å²) in [6.07, 6.45) is 0. The van der Waals surface area contributed by atoms with Gasteiger partial charge in [0.15, 0.2) is 0 Å². The predicted molar refractivity (Wildman–Crippen MR) is 129 cm³/mol. The summed E-state index contributed by atoms with van der Waals surface area (Å²) in [6.45, 7) is 10.3. The molecule has 0 unspecified atom stereocenters. The van der Waals surface area contributed by atoms with E-state index in [1.807, 2.05) is 50.2 Å². The summed E-state index contributed by atoms with van der Waals surface area (Å²) in [5.74, 6) is 0.0911. The number of likely N-dealkylation sites (N-methyl/N-ethyl adjacent to an activating group) is 1. The molecule has 0 atom stereocenters. The molecule has 2 amide bonds. The van der Waals surface area contributed by atoms with Gasteiger partial charge in [-0.15, -0.1) is 0 Å². The molecule has 6 nitrogen and oxygen atoms in total. The molecule has 3 rings (SSSR count). The van der Waals surface area contributed by atoms with Gasteiger partial charge in [0.1, 0.15) is 12.4 Å². The van der Waals surface area contributed by atoms with Gasteiger partial charge in [-0.25, -0.2) is 4.68 Å². The number of carbonyl (C=O) groups is 2. The maximum atomic E-state index is 13.0. The molecule has 0 radical (unpaired) electrons. The number of carbonyl (C=O) groups excluding carboxylic acids is 2. The highest BCUT2D eigenvalue weighted by Crippen LogP contribution is 2.27. The number of rotatable bonds is 6. The predicted octanol–water partition coefficient (Wildman–Crippen LogP) is 5.23. The third kappa shape index (κ3) is 5.37. The first kappa shape index (κ1) is 23.5. The van der Waals surface area contributed by atoms with Gasteiger partial charge >= 0.3 is 0 Å². The van der Waals surface area contributed by atoms with Crippen molar-refractivity contribution in [3.05, 3.63) is 76.4 Å². The molecule has 0 aliphatic rings. The largest absolute Gasteiger partial charge is 0.330 e. The number of benzene rings is 2. The fourth-order valence-corrected chi connectivity index (χ4v) is 3.41. The first-order valence-corrected chi connectivity index (χ1v) is 11.0. The summed E-state index contributed by atoms with van der Waals surface area (Å²) < 4.78 is 1.69. The summed E-state index contributed by atoms with van der Waals surface area (Å²) in [5, 5.41) is 8.26. The van der Waals surface area contributed by atoms with Crippen LogP contribution in [0.25, 0.3) is 5.69 Å². The second-order valence-electron chi connectivity index (χ2n) is 8.74. The number of aromatic nitrogens is 2. The Morgan fingerprint density at radius 1 is 1.09 bits per heavy atom. The molecule has 0 aliphatic heterocycles. The minimum atomic E-state index is -0.288. The molecule has 1 aromatic heterocycles. The molecule has 7 heteroatoms. The van der Waals surface area contributed by atoms with Crippen LogP contribution in [0.1, 0.15) is 49.3 Å². The molecule has 1 N–H and O–H groups in total. The molecular weight excluding hydrogens is 424 g/mol. The van der Waals surface area contributed by atoms with E-state index in [-0.39, 0.29) is 23.8 Å².